The first-order valence-corrected chi connectivity index (χ1v) is 9.67. The zero-order chi connectivity index (χ0) is 20.4. The molecule has 2 aliphatic rings. The minimum Gasteiger partial charge on any atom is -0.497 e. The van der Waals surface area contributed by atoms with Crippen LogP contribution in [0.4, 0.5) is 16.2 Å². The van der Waals surface area contributed by atoms with Crippen LogP contribution in [0.3, 0.4) is 0 Å². The zero-order valence-corrected chi connectivity index (χ0v) is 16.5. The number of rotatable bonds is 3. The van der Waals surface area contributed by atoms with E-state index >= 15 is 0 Å². The summed E-state index contributed by atoms with van der Waals surface area (Å²) in [5.74, 6) is 6.98. The first-order valence-electron chi connectivity index (χ1n) is 9.67. The lowest BCUT2D eigenvalue weighted by Gasteiger charge is -2.23. The molecule has 1 saturated heterocycles. The lowest BCUT2D eigenvalue weighted by Crippen LogP contribution is -2.32. The Hall–Kier alpha value is -3.64. The van der Waals surface area contributed by atoms with Crippen molar-refractivity contribution in [1.29, 1.82) is 5.26 Å². The monoisotopic (exact) mass is 386 g/mol. The zero-order valence-electron chi connectivity index (χ0n) is 16.5. The van der Waals surface area contributed by atoms with E-state index in [1.165, 1.54) is 0 Å². The molecule has 0 aliphatic carbocycles. The largest absolute Gasteiger partial charge is 0.497 e. The molecule has 2 aliphatic heterocycles. The van der Waals surface area contributed by atoms with E-state index in [-0.39, 0.29) is 18.0 Å². The minimum absolute atomic E-state index is 0.0709. The van der Waals surface area contributed by atoms with Gasteiger partial charge in [0.2, 0.25) is 0 Å². The number of hydrogen-bond acceptors (Lipinski definition) is 4. The third kappa shape index (κ3) is 3.34. The van der Waals surface area contributed by atoms with Gasteiger partial charge in [0.05, 0.1) is 13.2 Å². The number of likely N-dealkylation sites (N-methyl/N-ethyl adjacent to an activating group) is 1. The fourth-order valence-electron chi connectivity index (χ4n) is 3.93. The van der Waals surface area contributed by atoms with Crippen molar-refractivity contribution in [2.75, 3.05) is 36.5 Å². The smallest absolute Gasteiger partial charge is 0.321 e. The van der Waals surface area contributed by atoms with E-state index in [0.29, 0.717) is 13.1 Å². The van der Waals surface area contributed by atoms with Gasteiger partial charge in [-0.3, -0.25) is 4.90 Å². The Morgan fingerprint density at radius 2 is 2.03 bits per heavy atom. The molecule has 0 aromatic heterocycles. The molecule has 2 heterocycles. The number of nitriles is 1. The number of urea groups is 1. The first-order chi connectivity index (χ1) is 14.2. The quantitative estimate of drug-likeness (QED) is 0.823. The number of fused-ring (bicyclic) bond motifs is 1. The van der Waals surface area contributed by atoms with Gasteiger partial charge in [-0.15, -0.1) is 0 Å². The topological polar surface area (TPSA) is 68.6 Å². The lowest BCUT2D eigenvalue weighted by atomic mass is 9.96. The third-order valence-corrected chi connectivity index (χ3v) is 5.41. The van der Waals surface area contributed by atoms with Crippen LogP contribution in [-0.4, -0.2) is 38.8 Å². The van der Waals surface area contributed by atoms with Crippen molar-refractivity contribution in [3.63, 3.8) is 0 Å². The SMILES string of the molecule is CCN1c2cc(OC)ccc2C(C#N)C1C#Cc1ccc(N2CCNC2=O)cc1. The molecule has 6 heteroatoms. The number of methoxy groups -OCH3 is 1. The molecule has 0 spiro atoms. The van der Waals surface area contributed by atoms with E-state index in [1.807, 2.05) is 42.5 Å². The van der Waals surface area contributed by atoms with Gasteiger partial charge in [-0.25, -0.2) is 4.79 Å². The van der Waals surface area contributed by atoms with E-state index in [2.05, 4.69) is 35.1 Å². The van der Waals surface area contributed by atoms with Crippen molar-refractivity contribution in [3.05, 3.63) is 53.6 Å². The molecular formula is C23H22N4O2. The van der Waals surface area contributed by atoms with Gasteiger partial charge < -0.3 is 15.0 Å². The van der Waals surface area contributed by atoms with Gasteiger partial charge in [0.15, 0.2) is 0 Å². The predicted octanol–water partition coefficient (Wildman–Crippen LogP) is 3.09. The first kappa shape index (κ1) is 18.7. The molecule has 0 radical (unpaired) electrons. The van der Waals surface area contributed by atoms with E-state index in [4.69, 9.17) is 4.74 Å². The third-order valence-electron chi connectivity index (χ3n) is 5.41. The van der Waals surface area contributed by atoms with Crippen LogP contribution in [0.2, 0.25) is 0 Å². The fourth-order valence-corrected chi connectivity index (χ4v) is 3.93. The highest BCUT2D eigenvalue weighted by atomic mass is 16.5. The van der Waals surface area contributed by atoms with Gasteiger partial charge in [0.1, 0.15) is 17.7 Å². The number of nitrogens with zero attached hydrogens (tertiary/aromatic N) is 3. The summed E-state index contributed by atoms with van der Waals surface area (Å²) in [5, 5.41) is 12.6. The van der Waals surface area contributed by atoms with E-state index in [1.54, 1.807) is 12.0 Å². The number of anilines is 2. The fraction of sp³-hybridized carbons (Fsp3) is 0.304. The van der Waals surface area contributed by atoms with Gasteiger partial charge in [0, 0.05) is 42.6 Å². The summed E-state index contributed by atoms with van der Waals surface area (Å²) in [5.41, 5.74) is 3.71. The molecule has 0 bridgehead atoms. The van der Waals surface area contributed by atoms with Crippen molar-refractivity contribution in [3.8, 4) is 23.7 Å². The Labute approximate surface area is 170 Å². The molecule has 2 aromatic rings. The molecule has 2 unspecified atom stereocenters. The lowest BCUT2D eigenvalue weighted by molar-refractivity contribution is 0.252. The van der Waals surface area contributed by atoms with Crippen molar-refractivity contribution in [1.82, 2.24) is 5.32 Å². The molecule has 146 valence electrons. The maximum absolute atomic E-state index is 11.8. The van der Waals surface area contributed by atoms with Crippen LogP contribution in [-0.2, 0) is 0 Å². The average molecular weight is 386 g/mol. The molecule has 29 heavy (non-hydrogen) atoms. The number of ether oxygens (including phenoxy) is 1. The highest BCUT2D eigenvalue weighted by molar-refractivity contribution is 5.94. The molecule has 2 atom stereocenters. The highest BCUT2D eigenvalue weighted by Gasteiger charge is 2.37. The summed E-state index contributed by atoms with van der Waals surface area (Å²) >= 11 is 0. The van der Waals surface area contributed by atoms with Crippen LogP contribution >= 0.6 is 0 Å². The molecule has 2 aromatic carbocycles. The molecule has 6 nitrogen and oxygen atoms in total. The van der Waals surface area contributed by atoms with Crippen LogP contribution in [0.1, 0.15) is 24.0 Å². The number of benzene rings is 2. The summed E-state index contributed by atoms with van der Waals surface area (Å²) in [7, 11) is 1.64. The molecular weight excluding hydrogens is 364 g/mol. The summed E-state index contributed by atoms with van der Waals surface area (Å²) in [6.45, 7) is 4.15. The number of hydrogen-bond donors (Lipinski definition) is 1. The number of nitrogens with one attached hydrogen (secondary N) is 1. The summed E-state index contributed by atoms with van der Waals surface area (Å²) in [6, 6.07) is 15.6. The normalized spacial score (nSPS) is 19.8. The summed E-state index contributed by atoms with van der Waals surface area (Å²) < 4.78 is 5.35. The van der Waals surface area contributed by atoms with Gasteiger partial charge in [-0.05, 0) is 42.8 Å². The molecule has 2 amide bonds. The van der Waals surface area contributed by atoms with Crippen molar-refractivity contribution in [2.24, 2.45) is 0 Å². The van der Waals surface area contributed by atoms with Crippen molar-refractivity contribution >= 4 is 17.4 Å². The second-order valence-corrected chi connectivity index (χ2v) is 6.96. The standard InChI is InChI=1S/C23H22N4O2/c1-3-26-21(20(15-24)19-10-9-18(29-2)14-22(19)26)11-6-16-4-7-17(8-5-16)27-13-12-25-23(27)28/h4-5,7-10,14,20-21H,3,12-13H2,1-2H3,(H,25,28). The molecule has 4 rings (SSSR count). The molecule has 0 saturated carbocycles. The predicted molar refractivity (Wildman–Crippen MR) is 112 cm³/mol. The Balaban J connectivity index is 1.60. The van der Waals surface area contributed by atoms with Crippen molar-refractivity contribution < 1.29 is 9.53 Å². The van der Waals surface area contributed by atoms with Crippen molar-refractivity contribution in [2.45, 2.75) is 18.9 Å². The maximum atomic E-state index is 11.8. The molecule has 1 N–H and O–H groups in total. The second-order valence-electron chi connectivity index (χ2n) is 6.96. The summed E-state index contributed by atoms with van der Waals surface area (Å²) in [6.07, 6.45) is 0. The Kier molecular flexibility index (Phi) is 5.01. The summed E-state index contributed by atoms with van der Waals surface area (Å²) in [4.78, 5) is 15.7. The number of carbonyl (C=O) groups excluding carboxylic acids is 1. The highest BCUT2D eigenvalue weighted by Crippen LogP contribution is 2.42. The molecule has 1 fully saturated rings. The Morgan fingerprint density at radius 3 is 2.66 bits per heavy atom. The van der Waals surface area contributed by atoms with Crippen LogP contribution in [0.5, 0.6) is 5.75 Å². The van der Waals surface area contributed by atoms with Gasteiger partial charge in [0.25, 0.3) is 0 Å². The van der Waals surface area contributed by atoms with Gasteiger partial charge in [-0.2, -0.15) is 5.26 Å². The average Bonchev–Trinajstić information content (AvgIpc) is 3.32. The van der Waals surface area contributed by atoms with E-state index < -0.39 is 0 Å². The van der Waals surface area contributed by atoms with Crippen LogP contribution in [0, 0.1) is 23.2 Å². The number of amides is 2. The van der Waals surface area contributed by atoms with Crippen LogP contribution in [0.25, 0.3) is 0 Å². The maximum Gasteiger partial charge on any atom is 0.321 e. The van der Waals surface area contributed by atoms with Gasteiger partial charge in [-0.1, -0.05) is 17.9 Å². The Bertz CT molecular complexity index is 1030. The van der Waals surface area contributed by atoms with Gasteiger partial charge >= 0.3 is 6.03 Å². The number of carbonyl (C=O) groups is 1. The van der Waals surface area contributed by atoms with Crippen LogP contribution in [0.15, 0.2) is 42.5 Å². The van der Waals surface area contributed by atoms with Crippen LogP contribution < -0.4 is 19.9 Å². The van der Waals surface area contributed by atoms with E-state index in [0.717, 1.165) is 34.8 Å². The Morgan fingerprint density at radius 1 is 1.24 bits per heavy atom. The second kappa shape index (κ2) is 7.77. The van der Waals surface area contributed by atoms with E-state index in [9.17, 15) is 10.1 Å². The minimum atomic E-state index is -0.309.